The lowest BCUT2D eigenvalue weighted by Crippen LogP contribution is -2.25. The molecule has 0 radical (unpaired) electrons. The summed E-state index contributed by atoms with van der Waals surface area (Å²) in [5.74, 6) is -2.92. The van der Waals surface area contributed by atoms with Gasteiger partial charge in [-0.25, -0.2) is 8.78 Å². The number of halogens is 2. The molecule has 26 heavy (non-hydrogen) atoms. The van der Waals surface area contributed by atoms with Gasteiger partial charge in [0.1, 0.15) is 17.4 Å². The number of fused-ring (bicyclic) bond motifs is 3. The van der Waals surface area contributed by atoms with Crippen molar-refractivity contribution in [3.8, 4) is 11.8 Å². The maximum Gasteiger partial charge on any atom is 0.240 e. The standard InChI is InChI=1S/C19H10F2N2O2S/c20-12-6-5-9(7-13(12)21)15-11(8-22)18(23)25-17-10-3-1-2-4-14(10)26-19(24)16(15)17/h1-7,15H,23H2. The van der Waals surface area contributed by atoms with Crippen molar-refractivity contribution < 1.29 is 13.5 Å². The number of hydrogen-bond donors (Lipinski definition) is 1. The Labute approximate surface area is 150 Å². The van der Waals surface area contributed by atoms with Gasteiger partial charge in [-0.1, -0.05) is 29.5 Å². The highest BCUT2D eigenvalue weighted by Crippen LogP contribution is 2.44. The van der Waals surface area contributed by atoms with Crippen molar-refractivity contribution in [2.45, 2.75) is 5.92 Å². The third kappa shape index (κ3) is 2.35. The molecule has 0 aliphatic carbocycles. The van der Waals surface area contributed by atoms with Gasteiger partial charge in [0.2, 0.25) is 10.6 Å². The molecule has 0 amide bonds. The zero-order valence-corrected chi connectivity index (χ0v) is 13.9. The Bertz CT molecular complexity index is 1190. The number of rotatable bonds is 1. The lowest BCUT2D eigenvalue weighted by atomic mass is 9.84. The largest absolute Gasteiger partial charge is 0.439 e. The minimum Gasteiger partial charge on any atom is -0.439 e. The molecule has 128 valence electrons. The highest BCUT2D eigenvalue weighted by Gasteiger charge is 2.34. The molecule has 0 saturated heterocycles. The second-order valence-electron chi connectivity index (χ2n) is 5.73. The Morgan fingerprint density at radius 2 is 1.92 bits per heavy atom. The molecule has 1 aliphatic rings. The Morgan fingerprint density at radius 3 is 2.65 bits per heavy atom. The van der Waals surface area contributed by atoms with Gasteiger partial charge >= 0.3 is 0 Å². The van der Waals surface area contributed by atoms with E-state index >= 15 is 0 Å². The van der Waals surface area contributed by atoms with Crippen LogP contribution in [0.1, 0.15) is 17.0 Å². The van der Waals surface area contributed by atoms with Gasteiger partial charge in [0, 0.05) is 10.1 Å². The first-order valence-electron chi connectivity index (χ1n) is 7.59. The quantitative estimate of drug-likeness (QED) is 0.710. The van der Waals surface area contributed by atoms with Gasteiger partial charge in [-0.15, -0.1) is 0 Å². The molecule has 2 N–H and O–H groups in total. The number of hydrogen-bond acceptors (Lipinski definition) is 5. The molecule has 1 aromatic heterocycles. The predicted molar refractivity (Wildman–Crippen MR) is 93.8 cm³/mol. The fourth-order valence-corrected chi connectivity index (χ4v) is 4.03. The highest BCUT2D eigenvalue weighted by atomic mass is 32.1. The first-order valence-corrected chi connectivity index (χ1v) is 8.41. The summed E-state index contributed by atoms with van der Waals surface area (Å²) in [6, 6.07) is 12.3. The molecule has 2 heterocycles. The summed E-state index contributed by atoms with van der Waals surface area (Å²) in [4.78, 5) is 12.8. The fraction of sp³-hybridized carbons (Fsp3) is 0.0526. The van der Waals surface area contributed by atoms with Gasteiger partial charge in [0.15, 0.2) is 11.6 Å². The van der Waals surface area contributed by atoms with Crippen LogP contribution in [-0.4, -0.2) is 0 Å². The summed E-state index contributed by atoms with van der Waals surface area (Å²) in [5, 5.41) is 10.2. The van der Waals surface area contributed by atoms with Gasteiger partial charge in [-0.05, 0) is 29.8 Å². The van der Waals surface area contributed by atoms with E-state index in [0.29, 0.717) is 10.1 Å². The lowest BCUT2D eigenvalue weighted by Gasteiger charge is -2.26. The van der Waals surface area contributed by atoms with Crippen LogP contribution in [0.25, 0.3) is 10.1 Å². The summed E-state index contributed by atoms with van der Waals surface area (Å²) in [6.45, 7) is 0. The Kier molecular flexibility index (Phi) is 3.71. The smallest absolute Gasteiger partial charge is 0.240 e. The molecule has 3 aromatic rings. The van der Waals surface area contributed by atoms with Gasteiger partial charge in [-0.2, -0.15) is 5.26 Å². The van der Waals surface area contributed by atoms with Crippen LogP contribution in [0.3, 0.4) is 0 Å². The van der Waals surface area contributed by atoms with E-state index in [2.05, 4.69) is 0 Å². The van der Waals surface area contributed by atoms with Crippen LogP contribution in [-0.2, 0) is 0 Å². The molecule has 2 aromatic carbocycles. The average Bonchev–Trinajstić information content (AvgIpc) is 2.63. The first-order chi connectivity index (χ1) is 12.5. The predicted octanol–water partition coefficient (Wildman–Crippen LogP) is 3.76. The van der Waals surface area contributed by atoms with Crippen molar-refractivity contribution in [3.63, 3.8) is 0 Å². The van der Waals surface area contributed by atoms with Crippen LogP contribution >= 0.6 is 11.3 Å². The maximum atomic E-state index is 13.8. The minimum absolute atomic E-state index is 0.0110. The fourth-order valence-electron chi connectivity index (χ4n) is 3.09. The molecule has 0 fully saturated rings. The second-order valence-corrected chi connectivity index (χ2v) is 6.74. The number of nitrogens with zero attached hydrogens (tertiary/aromatic N) is 1. The summed E-state index contributed by atoms with van der Waals surface area (Å²) in [7, 11) is 0. The van der Waals surface area contributed by atoms with Crippen molar-refractivity contribution in [2.75, 3.05) is 0 Å². The van der Waals surface area contributed by atoms with Crippen LogP contribution < -0.4 is 15.2 Å². The third-order valence-corrected chi connectivity index (χ3v) is 5.23. The molecule has 0 saturated carbocycles. The molecule has 1 aliphatic heterocycles. The van der Waals surface area contributed by atoms with E-state index in [0.717, 1.165) is 23.5 Å². The van der Waals surface area contributed by atoms with Crippen molar-refractivity contribution >= 4 is 21.4 Å². The van der Waals surface area contributed by atoms with E-state index in [4.69, 9.17) is 10.5 Å². The minimum atomic E-state index is -1.07. The zero-order valence-electron chi connectivity index (χ0n) is 13.1. The SMILES string of the molecule is N#CC1=C(N)Oc2c(c(=O)sc3ccccc23)C1c1ccc(F)c(F)c1. The van der Waals surface area contributed by atoms with Crippen molar-refractivity contribution in [3.05, 3.63) is 86.2 Å². The molecular weight excluding hydrogens is 358 g/mol. The van der Waals surface area contributed by atoms with E-state index in [-0.39, 0.29) is 33.1 Å². The zero-order chi connectivity index (χ0) is 18.4. The highest BCUT2D eigenvalue weighted by molar-refractivity contribution is 7.16. The summed E-state index contributed by atoms with van der Waals surface area (Å²) in [6.07, 6.45) is 0. The molecule has 4 nitrogen and oxygen atoms in total. The Hall–Kier alpha value is -3.24. The van der Waals surface area contributed by atoms with E-state index in [1.165, 1.54) is 6.07 Å². The van der Waals surface area contributed by atoms with Gasteiger partial charge in [0.05, 0.1) is 11.5 Å². The third-order valence-electron chi connectivity index (χ3n) is 4.25. The number of nitrogens with two attached hydrogens (primary N) is 1. The number of allylic oxidation sites excluding steroid dienone is 1. The van der Waals surface area contributed by atoms with Crippen LogP contribution in [0, 0.1) is 23.0 Å². The molecule has 0 spiro atoms. The van der Waals surface area contributed by atoms with E-state index in [9.17, 15) is 18.8 Å². The molecular formula is C19H10F2N2O2S. The maximum absolute atomic E-state index is 13.8. The van der Waals surface area contributed by atoms with E-state index in [1.807, 2.05) is 6.07 Å². The van der Waals surface area contributed by atoms with Gasteiger partial charge in [-0.3, -0.25) is 4.79 Å². The topological polar surface area (TPSA) is 76.1 Å². The monoisotopic (exact) mass is 368 g/mol. The summed E-state index contributed by atoms with van der Waals surface area (Å²) < 4.78 is 33.1. The number of nitriles is 1. The molecule has 0 bridgehead atoms. The normalized spacial score (nSPS) is 16.1. The van der Waals surface area contributed by atoms with Crippen molar-refractivity contribution in [2.24, 2.45) is 5.73 Å². The Balaban J connectivity index is 2.08. The number of ether oxygens (including phenoxy) is 1. The molecule has 1 unspecified atom stereocenters. The first kappa shape index (κ1) is 16.2. The van der Waals surface area contributed by atoms with Crippen molar-refractivity contribution in [1.82, 2.24) is 0 Å². The number of benzene rings is 2. The second kappa shape index (κ2) is 5.93. The molecule has 7 heteroatoms. The molecule has 4 rings (SSSR count). The van der Waals surface area contributed by atoms with E-state index in [1.54, 1.807) is 24.3 Å². The van der Waals surface area contributed by atoms with Gasteiger partial charge in [0.25, 0.3) is 0 Å². The van der Waals surface area contributed by atoms with Crippen molar-refractivity contribution in [1.29, 1.82) is 5.26 Å². The Morgan fingerprint density at radius 1 is 1.15 bits per heavy atom. The summed E-state index contributed by atoms with van der Waals surface area (Å²) in [5.41, 5.74) is 6.36. The van der Waals surface area contributed by atoms with Crippen LogP contribution in [0.2, 0.25) is 0 Å². The van der Waals surface area contributed by atoms with E-state index < -0.39 is 17.6 Å². The van der Waals surface area contributed by atoms with Crippen LogP contribution in [0.15, 0.2) is 58.7 Å². The van der Waals surface area contributed by atoms with Crippen LogP contribution in [0.5, 0.6) is 5.75 Å². The average molecular weight is 368 g/mol. The van der Waals surface area contributed by atoms with Gasteiger partial charge < -0.3 is 10.5 Å². The van der Waals surface area contributed by atoms with Crippen LogP contribution in [0.4, 0.5) is 8.78 Å². The molecule has 1 atom stereocenters. The lowest BCUT2D eigenvalue weighted by molar-refractivity contribution is 0.398. The summed E-state index contributed by atoms with van der Waals surface area (Å²) >= 11 is 1.000.